The Morgan fingerprint density at radius 2 is 1.83 bits per heavy atom. The number of amides is 1. The van der Waals surface area contributed by atoms with Crippen molar-refractivity contribution in [3.05, 3.63) is 28.8 Å². The average molecular weight is 423 g/mol. The van der Waals surface area contributed by atoms with Crippen molar-refractivity contribution in [2.75, 3.05) is 50.7 Å². The van der Waals surface area contributed by atoms with Gasteiger partial charge in [0.2, 0.25) is 5.91 Å². The van der Waals surface area contributed by atoms with Crippen molar-refractivity contribution >= 4 is 23.2 Å². The van der Waals surface area contributed by atoms with Crippen LogP contribution in [0.15, 0.2) is 18.2 Å². The van der Waals surface area contributed by atoms with Crippen molar-refractivity contribution in [2.45, 2.75) is 59.5 Å². The fourth-order valence-electron chi connectivity index (χ4n) is 3.92. The van der Waals surface area contributed by atoms with Gasteiger partial charge >= 0.3 is 0 Å². The zero-order valence-electron chi connectivity index (χ0n) is 19.1. The second-order valence-electron chi connectivity index (χ2n) is 8.36. The topological polar surface area (TPSA) is 38.8 Å². The minimum atomic E-state index is -0.0890. The maximum Gasteiger partial charge on any atom is 0.241 e. The summed E-state index contributed by atoms with van der Waals surface area (Å²) in [6.45, 7) is 18.8. The fraction of sp³-hybridized carbons (Fsp3) is 0.696. The Labute approximate surface area is 182 Å². The highest BCUT2D eigenvalue weighted by atomic mass is 35.5. The van der Waals surface area contributed by atoms with Gasteiger partial charge in [0.25, 0.3) is 0 Å². The van der Waals surface area contributed by atoms with Gasteiger partial charge in [-0.3, -0.25) is 9.69 Å². The van der Waals surface area contributed by atoms with Gasteiger partial charge in [0, 0.05) is 62.1 Å². The van der Waals surface area contributed by atoms with E-state index >= 15 is 0 Å². The van der Waals surface area contributed by atoms with E-state index in [4.69, 9.17) is 11.6 Å². The van der Waals surface area contributed by atoms with Crippen LogP contribution in [0.5, 0.6) is 0 Å². The first-order valence-electron chi connectivity index (χ1n) is 11.1. The second kappa shape index (κ2) is 10.6. The first-order valence-corrected chi connectivity index (χ1v) is 11.5. The molecule has 0 aliphatic carbocycles. The quantitative estimate of drug-likeness (QED) is 0.801. The van der Waals surface area contributed by atoms with Crippen LogP contribution in [0.2, 0.25) is 5.02 Å². The highest BCUT2D eigenvalue weighted by Gasteiger charge is 2.35. The molecule has 0 aromatic heterocycles. The molecule has 1 aromatic carbocycles. The molecule has 1 N–H and O–H groups in total. The van der Waals surface area contributed by atoms with E-state index in [1.54, 1.807) is 0 Å². The predicted molar refractivity (Wildman–Crippen MR) is 124 cm³/mol. The molecule has 2 heterocycles. The molecule has 0 saturated carbocycles. The van der Waals surface area contributed by atoms with Crippen LogP contribution in [0, 0.1) is 6.92 Å². The smallest absolute Gasteiger partial charge is 0.241 e. The standard InChI is InChI=1S/C21H33ClN4O.C2H6/c1-5-21(3,4)26-9-8-23-19(15-26)20(27)25-12-10-24(11-13-25)17-6-7-18(22)16(2)14-17;1-2/h6-7,14,19,23H,5,8-13,15H2,1-4H3;1-2H3. The molecule has 1 unspecified atom stereocenters. The molecule has 0 radical (unpaired) electrons. The van der Waals surface area contributed by atoms with Crippen molar-refractivity contribution in [3.63, 3.8) is 0 Å². The number of carbonyl (C=O) groups is 1. The third-order valence-electron chi connectivity index (χ3n) is 6.29. The molecule has 1 aromatic rings. The van der Waals surface area contributed by atoms with Crippen molar-refractivity contribution < 1.29 is 4.79 Å². The number of hydrogen-bond donors (Lipinski definition) is 1. The molecular formula is C23H39ClN4O. The molecular weight excluding hydrogens is 384 g/mol. The Kier molecular flexibility index (Phi) is 8.80. The molecule has 1 atom stereocenters. The van der Waals surface area contributed by atoms with E-state index in [0.29, 0.717) is 0 Å². The van der Waals surface area contributed by atoms with E-state index in [9.17, 15) is 4.79 Å². The number of carbonyl (C=O) groups excluding carboxylic acids is 1. The van der Waals surface area contributed by atoms with Gasteiger partial charge in [-0.25, -0.2) is 0 Å². The lowest BCUT2D eigenvalue weighted by molar-refractivity contribution is -0.135. The number of nitrogens with one attached hydrogen (secondary N) is 1. The summed E-state index contributed by atoms with van der Waals surface area (Å²) in [4.78, 5) is 19.9. The van der Waals surface area contributed by atoms with E-state index in [-0.39, 0.29) is 17.5 Å². The van der Waals surface area contributed by atoms with Crippen LogP contribution in [0.3, 0.4) is 0 Å². The Hall–Kier alpha value is -1.30. The molecule has 2 aliphatic rings. The van der Waals surface area contributed by atoms with E-state index in [1.165, 1.54) is 5.69 Å². The highest BCUT2D eigenvalue weighted by molar-refractivity contribution is 6.31. The normalized spacial score (nSPS) is 20.9. The first-order chi connectivity index (χ1) is 13.8. The molecule has 3 rings (SSSR count). The third kappa shape index (κ3) is 5.87. The zero-order valence-corrected chi connectivity index (χ0v) is 19.9. The van der Waals surface area contributed by atoms with E-state index in [2.05, 4.69) is 48.0 Å². The average Bonchev–Trinajstić information content (AvgIpc) is 2.77. The molecule has 2 aliphatic heterocycles. The summed E-state index contributed by atoms with van der Waals surface area (Å²) in [7, 11) is 0. The molecule has 164 valence electrons. The summed E-state index contributed by atoms with van der Waals surface area (Å²) in [6.07, 6.45) is 1.09. The second-order valence-corrected chi connectivity index (χ2v) is 8.77. The molecule has 0 bridgehead atoms. The van der Waals surface area contributed by atoms with Gasteiger partial charge in [0.1, 0.15) is 0 Å². The van der Waals surface area contributed by atoms with Crippen LogP contribution in [0.1, 0.15) is 46.6 Å². The number of benzene rings is 1. The van der Waals surface area contributed by atoms with E-state index in [0.717, 1.165) is 62.8 Å². The van der Waals surface area contributed by atoms with Crippen molar-refractivity contribution in [3.8, 4) is 0 Å². The molecule has 2 fully saturated rings. The summed E-state index contributed by atoms with van der Waals surface area (Å²) in [6, 6.07) is 6.07. The fourth-order valence-corrected chi connectivity index (χ4v) is 4.04. The lowest BCUT2D eigenvalue weighted by Gasteiger charge is -2.45. The maximum absolute atomic E-state index is 13.1. The third-order valence-corrected chi connectivity index (χ3v) is 6.72. The summed E-state index contributed by atoms with van der Waals surface area (Å²) < 4.78 is 0. The number of piperazine rings is 2. The van der Waals surface area contributed by atoms with Crippen molar-refractivity contribution in [2.24, 2.45) is 0 Å². The minimum Gasteiger partial charge on any atom is -0.368 e. The van der Waals surface area contributed by atoms with Gasteiger partial charge < -0.3 is 15.1 Å². The monoisotopic (exact) mass is 422 g/mol. The van der Waals surface area contributed by atoms with Crippen molar-refractivity contribution in [1.29, 1.82) is 0 Å². The van der Waals surface area contributed by atoms with Crippen LogP contribution in [-0.2, 0) is 4.79 Å². The maximum atomic E-state index is 13.1. The Balaban J connectivity index is 0.00000145. The number of halogens is 1. The lowest BCUT2D eigenvalue weighted by atomic mass is 9.97. The number of anilines is 1. The lowest BCUT2D eigenvalue weighted by Crippen LogP contribution is -2.63. The molecule has 29 heavy (non-hydrogen) atoms. The molecule has 6 heteroatoms. The van der Waals surface area contributed by atoms with Crippen LogP contribution in [0.25, 0.3) is 0 Å². The van der Waals surface area contributed by atoms with Crippen LogP contribution < -0.4 is 10.2 Å². The molecule has 2 saturated heterocycles. The highest BCUT2D eigenvalue weighted by Crippen LogP contribution is 2.24. The molecule has 1 amide bonds. The summed E-state index contributed by atoms with van der Waals surface area (Å²) in [5, 5.41) is 4.24. The van der Waals surface area contributed by atoms with Crippen LogP contribution in [0.4, 0.5) is 5.69 Å². The van der Waals surface area contributed by atoms with Crippen molar-refractivity contribution in [1.82, 2.24) is 15.1 Å². The predicted octanol–water partition coefficient (Wildman–Crippen LogP) is 3.79. The van der Waals surface area contributed by atoms with Crippen LogP contribution >= 0.6 is 11.6 Å². The number of rotatable bonds is 4. The van der Waals surface area contributed by atoms with E-state index in [1.807, 2.05) is 31.7 Å². The Morgan fingerprint density at radius 1 is 1.17 bits per heavy atom. The largest absolute Gasteiger partial charge is 0.368 e. The zero-order chi connectivity index (χ0) is 21.6. The summed E-state index contributed by atoms with van der Waals surface area (Å²) in [5.74, 6) is 0.249. The Bertz CT molecular complexity index is 671. The number of nitrogens with zero attached hydrogens (tertiary/aromatic N) is 3. The van der Waals surface area contributed by atoms with Gasteiger partial charge in [0.15, 0.2) is 0 Å². The SMILES string of the molecule is CC.CCC(C)(C)N1CCNC(C(=O)N2CCN(c3ccc(Cl)c(C)c3)CC2)C1. The van der Waals surface area contributed by atoms with Gasteiger partial charge in [-0.2, -0.15) is 0 Å². The van der Waals surface area contributed by atoms with Gasteiger partial charge in [0.05, 0.1) is 6.04 Å². The van der Waals surface area contributed by atoms with Crippen LogP contribution in [-0.4, -0.2) is 73.1 Å². The summed E-state index contributed by atoms with van der Waals surface area (Å²) >= 11 is 6.14. The summed E-state index contributed by atoms with van der Waals surface area (Å²) in [5.41, 5.74) is 2.43. The first kappa shape index (κ1) is 24.0. The number of aryl methyl sites for hydroxylation is 1. The molecule has 5 nitrogen and oxygen atoms in total. The number of hydrogen-bond acceptors (Lipinski definition) is 4. The molecule has 0 spiro atoms. The van der Waals surface area contributed by atoms with E-state index < -0.39 is 0 Å². The van der Waals surface area contributed by atoms with Gasteiger partial charge in [-0.15, -0.1) is 0 Å². The van der Waals surface area contributed by atoms with Gasteiger partial charge in [-0.05, 0) is 51.0 Å². The minimum absolute atomic E-state index is 0.0890. The Morgan fingerprint density at radius 3 is 2.41 bits per heavy atom. The van der Waals surface area contributed by atoms with Gasteiger partial charge in [-0.1, -0.05) is 32.4 Å².